The normalized spacial score (nSPS) is 73.6. The lowest BCUT2D eigenvalue weighted by Crippen LogP contribution is -2.78. The highest BCUT2D eigenvalue weighted by Crippen LogP contribution is 2.79. The van der Waals surface area contributed by atoms with E-state index in [1.165, 1.54) is 0 Å². The molecule has 3 aliphatic carbocycles. The van der Waals surface area contributed by atoms with E-state index in [9.17, 15) is 15.3 Å². The van der Waals surface area contributed by atoms with Crippen LogP contribution in [0.3, 0.4) is 0 Å². The van der Waals surface area contributed by atoms with E-state index in [0.717, 1.165) is 0 Å². The molecule has 3 aliphatic heterocycles. The van der Waals surface area contributed by atoms with Gasteiger partial charge in [0.1, 0.15) is 11.2 Å². The van der Waals surface area contributed by atoms with E-state index in [1.54, 1.807) is 6.92 Å². The zero-order valence-corrected chi connectivity index (χ0v) is 8.43. The molecule has 0 amide bonds. The van der Waals surface area contributed by atoms with Gasteiger partial charge in [-0.2, -0.15) is 0 Å². The van der Waals surface area contributed by atoms with Crippen molar-refractivity contribution >= 4 is 0 Å². The van der Waals surface area contributed by atoms with E-state index in [2.05, 4.69) is 0 Å². The first kappa shape index (κ1) is 8.90. The molecule has 5 heteroatoms. The Morgan fingerprint density at radius 1 is 1.33 bits per heavy atom. The Labute approximate surface area is 86.6 Å². The van der Waals surface area contributed by atoms with Crippen LogP contribution >= 0.6 is 0 Å². The molecule has 0 aromatic heterocycles. The zero-order chi connectivity index (χ0) is 10.7. The van der Waals surface area contributed by atoms with Gasteiger partial charge in [0.15, 0.2) is 12.1 Å². The molecule has 0 aromatic rings. The molecule has 3 saturated heterocycles. The third-order valence-electron chi connectivity index (χ3n) is 5.26. The largest absolute Gasteiger partial charge is 0.395 e. The van der Waals surface area contributed by atoms with E-state index in [-0.39, 0.29) is 12.5 Å². The quantitative estimate of drug-likeness (QED) is 0.519. The van der Waals surface area contributed by atoms with Crippen LogP contribution in [0.25, 0.3) is 0 Å². The first-order chi connectivity index (χ1) is 6.92. The summed E-state index contributed by atoms with van der Waals surface area (Å²) in [5.74, 6) is -1.40. The van der Waals surface area contributed by atoms with Gasteiger partial charge in [0.25, 0.3) is 0 Å². The van der Waals surface area contributed by atoms with Crippen molar-refractivity contribution in [1.29, 1.82) is 0 Å². The maximum atomic E-state index is 10.6. The number of rotatable bonds is 1. The van der Waals surface area contributed by atoms with E-state index in [4.69, 9.17) is 9.47 Å². The number of aliphatic hydroxyl groups excluding tert-OH is 1. The van der Waals surface area contributed by atoms with Gasteiger partial charge < -0.3 is 24.8 Å². The predicted octanol–water partition coefficient (Wildman–Crippen LogP) is -1.05. The molecule has 6 atom stereocenters. The van der Waals surface area contributed by atoms with Crippen LogP contribution in [0.2, 0.25) is 0 Å². The summed E-state index contributed by atoms with van der Waals surface area (Å²) in [5, 5.41) is 30.4. The number of aliphatic hydroxyl groups is 3. The van der Waals surface area contributed by atoms with Crippen LogP contribution in [0, 0.1) is 11.3 Å². The molecule has 3 N–H and O–H groups in total. The third-order valence-corrected chi connectivity index (χ3v) is 5.26. The van der Waals surface area contributed by atoms with Crippen LogP contribution in [0.1, 0.15) is 19.8 Å². The minimum Gasteiger partial charge on any atom is -0.395 e. The lowest BCUT2D eigenvalue weighted by molar-refractivity contribution is -0.384. The zero-order valence-electron chi connectivity index (χ0n) is 8.43. The molecule has 6 bridgehead atoms. The molecule has 1 unspecified atom stereocenters. The predicted molar refractivity (Wildman–Crippen MR) is 46.5 cm³/mol. The highest BCUT2D eigenvalue weighted by atomic mass is 16.8. The second-order valence-corrected chi connectivity index (χ2v) is 5.64. The molecule has 0 aromatic carbocycles. The molecule has 0 spiro atoms. The smallest absolute Gasteiger partial charge is 0.175 e. The van der Waals surface area contributed by atoms with Gasteiger partial charge in [0.2, 0.25) is 0 Å². The Morgan fingerprint density at radius 2 is 2.07 bits per heavy atom. The number of hydrogen-bond acceptors (Lipinski definition) is 5. The first-order valence-corrected chi connectivity index (χ1v) is 5.33. The Kier molecular flexibility index (Phi) is 1.11. The Morgan fingerprint density at radius 3 is 2.67 bits per heavy atom. The standard InChI is InChI=1S/C10H14O5/c1-7-3-9(12)5-2-10(7,13)8(5,4-11)6(14-7)15-9/h5-6,11-13H,2-4H2,1H3/t5-,6-,7+,8+,9-,10?/m1/s1. The Hall–Kier alpha value is -0.200. The lowest BCUT2D eigenvalue weighted by atomic mass is 9.41. The van der Waals surface area contributed by atoms with Gasteiger partial charge in [0, 0.05) is 12.3 Å². The minimum atomic E-state index is -1.20. The van der Waals surface area contributed by atoms with Gasteiger partial charge in [-0.1, -0.05) is 0 Å². The van der Waals surface area contributed by atoms with Crippen LogP contribution in [0.15, 0.2) is 0 Å². The van der Waals surface area contributed by atoms with Crippen molar-refractivity contribution in [2.45, 2.75) is 43.0 Å². The SMILES string of the molecule is C[C@@]12C[C@@]3(O)O[C@@H](O1)[C@]1(CO)[C@H]3CC12O. The maximum Gasteiger partial charge on any atom is 0.175 e. The van der Waals surface area contributed by atoms with E-state index in [0.29, 0.717) is 12.8 Å². The summed E-state index contributed by atoms with van der Waals surface area (Å²) < 4.78 is 11.1. The van der Waals surface area contributed by atoms with Crippen molar-refractivity contribution in [3.8, 4) is 0 Å². The van der Waals surface area contributed by atoms with Gasteiger partial charge >= 0.3 is 0 Å². The molecule has 15 heavy (non-hydrogen) atoms. The minimum absolute atomic E-state index is 0.194. The summed E-state index contributed by atoms with van der Waals surface area (Å²) >= 11 is 0. The lowest BCUT2D eigenvalue weighted by Gasteiger charge is -2.65. The van der Waals surface area contributed by atoms with Crippen LogP contribution in [-0.4, -0.2) is 45.2 Å². The maximum absolute atomic E-state index is 10.6. The highest BCUT2D eigenvalue weighted by Gasteiger charge is 2.92. The van der Waals surface area contributed by atoms with Crippen molar-refractivity contribution in [2.75, 3.05) is 6.61 Å². The van der Waals surface area contributed by atoms with Crippen molar-refractivity contribution < 1.29 is 24.8 Å². The van der Waals surface area contributed by atoms with E-state index in [1.807, 2.05) is 0 Å². The Bertz CT molecular complexity index is 373. The molecule has 6 rings (SSSR count). The molecule has 84 valence electrons. The first-order valence-electron chi connectivity index (χ1n) is 5.33. The van der Waals surface area contributed by atoms with Gasteiger partial charge in [-0.3, -0.25) is 0 Å². The van der Waals surface area contributed by atoms with Gasteiger partial charge in [-0.25, -0.2) is 0 Å². The molecule has 6 fully saturated rings. The van der Waals surface area contributed by atoms with Gasteiger partial charge in [-0.05, 0) is 13.3 Å². The average molecular weight is 214 g/mol. The molecule has 3 saturated carbocycles. The molecule has 3 heterocycles. The monoisotopic (exact) mass is 214 g/mol. The third kappa shape index (κ3) is 0.537. The van der Waals surface area contributed by atoms with Crippen molar-refractivity contribution in [1.82, 2.24) is 0 Å². The number of hydrogen-bond donors (Lipinski definition) is 3. The summed E-state index contributed by atoms with van der Waals surface area (Å²) in [7, 11) is 0. The van der Waals surface area contributed by atoms with Crippen LogP contribution < -0.4 is 0 Å². The summed E-state index contributed by atoms with van der Waals surface area (Å²) in [4.78, 5) is 0. The van der Waals surface area contributed by atoms with Crippen LogP contribution in [0.5, 0.6) is 0 Å². The topological polar surface area (TPSA) is 79.2 Å². The summed E-state index contributed by atoms with van der Waals surface area (Å²) in [6.45, 7) is 1.59. The van der Waals surface area contributed by atoms with Crippen LogP contribution in [0.4, 0.5) is 0 Å². The fraction of sp³-hybridized carbons (Fsp3) is 1.00. The molecule has 6 aliphatic rings. The number of ether oxygens (including phenoxy) is 2. The molecular formula is C10H14O5. The second kappa shape index (κ2) is 1.87. The van der Waals surface area contributed by atoms with Crippen molar-refractivity contribution in [2.24, 2.45) is 11.3 Å². The molecular weight excluding hydrogens is 200 g/mol. The van der Waals surface area contributed by atoms with Crippen molar-refractivity contribution in [3.63, 3.8) is 0 Å². The summed E-state index contributed by atoms with van der Waals surface area (Å²) in [5.41, 5.74) is -2.61. The Balaban J connectivity index is 1.98. The van der Waals surface area contributed by atoms with Crippen LogP contribution in [-0.2, 0) is 9.47 Å². The second-order valence-electron chi connectivity index (χ2n) is 5.64. The van der Waals surface area contributed by atoms with Crippen molar-refractivity contribution in [3.05, 3.63) is 0 Å². The summed E-state index contributed by atoms with van der Waals surface area (Å²) in [6, 6.07) is 0. The summed E-state index contributed by atoms with van der Waals surface area (Å²) in [6.07, 6.45) is 0.0891. The molecule has 0 radical (unpaired) electrons. The van der Waals surface area contributed by atoms with E-state index < -0.39 is 28.7 Å². The van der Waals surface area contributed by atoms with Gasteiger partial charge in [0.05, 0.1) is 12.0 Å². The molecule has 5 nitrogen and oxygen atoms in total. The fourth-order valence-electron chi connectivity index (χ4n) is 4.44. The van der Waals surface area contributed by atoms with E-state index >= 15 is 0 Å². The highest BCUT2D eigenvalue weighted by molar-refractivity contribution is 5.35. The van der Waals surface area contributed by atoms with Gasteiger partial charge in [-0.15, -0.1) is 0 Å². The fourth-order valence-corrected chi connectivity index (χ4v) is 4.44. The average Bonchev–Trinajstić information content (AvgIpc) is 2.30.